The second kappa shape index (κ2) is 8.81. The van der Waals surface area contributed by atoms with Crippen molar-refractivity contribution in [3.8, 4) is 0 Å². The van der Waals surface area contributed by atoms with E-state index in [9.17, 15) is 5.11 Å². The van der Waals surface area contributed by atoms with Crippen molar-refractivity contribution >= 4 is 34.3 Å². The zero-order valence-corrected chi connectivity index (χ0v) is 17.3. The minimum atomic E-state index is 0.140. The van der Waals surface area contributed by atoms with E-state index < -0.39 is 0 Å². The monoisotopic (exact) mass is 389 g/mol. The van der Waals surface area contributed by atoms with Gasteiger partial charge in [-0.2, -0.15) is 4.57 Å². The minimum absolute atomic E-state index is 0.140. The van der Waals surface area contributed by atoms with Gasteiger partial charge in [0.15, 0.2) is 23.1 Å². The van der Waals surface area contributed by atoms with Gasteiger partial charge < -0.3 is 10.4 Å². The van der Waals surface area contributed by atoms with E-state index in [1.54, 1.807) is 0 Å². The highest BCUT2D eigenvalue weighted by atomic mass is 32.1. The quantitative estimate of drug-likeness (QED) is 0.263. The summed E-state index contributed by atoms with van der Waals surface area (Å²) >= 11 is 5.71. The van der Waals surface area contributed by atoms with E-state index in [0.29, 0.717) is 10.7 Å². The highest BCUT2D eigenvalue weighted by Crippen LogP contribution is 2.22. The molecule has 0 amide bonds. The van der Waals surface area contributed by atoms with Crippen LogP contribution in [0.3, 0.4) is 0 Å². The highest BCUT2D eigenvalue weighted by molar-refractivity contribution is 7.81. The molecule has 3 rings (SSSR count). The third-order valence-electron chi connectivity index (χ3n) is 4.68. The van der Waals surface area contributed by atoms with Gasteiger partial charge in [0.1, 0.15) is 0 Å². The number of aryl methyl sites for hydroxylation is 3. The Hall–Kier alpha value is -2.98. The summed E-state index contributed by atoms with van der Waals surface area (Å²) in [7, 11) is 0. The Morgan fingerprint density at radius 2 is 1.68 bits per heavy atom. The molecule has 0 saturated heterocycles. The summed E-state index contributed by atoms with van der Waals surface area (Å²) in [4.78, 5) is 0.459. The smallest absolute Gasteiger partial charge is 0.288 e. The molecule has 0 aliphatic heterocycles. The molecule has 2 aromatic carbocycles. The molecular formula is C24H25N2OS+. The van der Waals surface area contributed by atoms with Crippen molar-refractivity contribution in [2.75, 3.05) is 5.32 Å². The third kappa shape index (κ3) is 4.46. The first-order valence-corrected chi connectivity index (χ1v) is 9.78. The number of aromatic nitrogens is 1. The van der Waals surface area contributed by atoms with E-state index in [4.69, 9.17) is 12.2 Å². The number of nitrogens with zero attached hydrogens (tertiary/aromatic N) is 1. The predicted octanol–water partition coefficient (Wildman–Crippen LogP) is 5.48. The van der Waals surface area contributed by atoms with Crippen LogP contribution < -0.4 is 9.88 Å². The lowest BCUT2D eigenvalue weighted by atomic mass is 10.1. The number of aliphatic hydroxyl groups excluding tert-OH is 1. The van der Waals surface area contributed by atoms with Gasteiger partial charge in [0, 0.05) is 23.4 Å². The molecular weight excluding hydrogens is 364 g/mol. The molecule has 0 atom stereocenters. The molecule has 0 unspecified atom stereocenters. The molecule has 3 nitrogen and oxygen atoms in total. The van der Waals surface area contributed by atoms with E-state index in [2.05, 4.69) is 25.2 Å². The molecule has 0 saturated carbocycles. The summed E-state index contributed by atoms with van der Waals surface area (Å²) < 4.78 is 1.84. The Morgan fingerprint density at radius 3 is 2.29 bits per heavy atom. The number of hydrogen-bond donors (Lipinski definition) is 2. The van der Waals surface area contributed by atoms with Crippen molar-refractivity contribution in [2.24, 2.45) is 0 Å². The Morgan fingerprint density at radius 1 is 1.00 bits per heavy atom. The molecule has 0 fully saturated rings. The largest absolute Gasteiger partial charge is 0.502 e. The van der Waals surface area contributed by atoms with Gasteiger partial charge in [-0.1, -0.05) is 67.2 Å². The SMILES string of the molecule is CCc1ccc(/C(O)=C(/C(=S)Nc2ccc(C)cc2C)[n+]2ccccc2)cc1. The molecule has 0 aliphatic rings. The second-order valence-corrected chi connectivity index (χ2v) is 7.21. The highest BCUT2D eigenvalue weighted by Gasteiger charge is 2.24. The molecule has 1 aromatic heterocycles. The Balaban J connectivity index is 2.04. The van der Waals surface area contributed by atoms with Gasteiger partial charge in [-0.15, -0.1) is 0 Å². The fraction of sp³-hybridized carbons (Fsp3) is 0.167. The number of hydrogen-bond acceptors (Lipinski definition) is 2. The molecule has 0 spiro atoms. The van der Waals surface area contributed by atoms with E-state index in [1.807, 2.05) is 78.5 Å². The lowest BCUT2D eigenvalue weighted by Gasteiger charge is -2.12. The van der Waals surface area contributed by atoms with Crippen LogP contribution in [-0.4, -0.2) is 10.1 Å². The number of thiocarbonyl (C=S) groups is 1. The van der Waals surface area contributed by atoms with Gasteiger partial charge in [-0.3, -0.25) is 0 Å². The molecule has 0 radical (unpaired) electrons. The molecule has 28 heavy (non-hydrogen) atoms. The van der Waals surface area contributed by atoms with Crippen LogP contribution in [0.15, 0.2) is 73.1 Å². The van der Waals surface area contributed by atoms with E-state index in [0.717, 1.165) is 23.2 Å². The Bertz CT molecular complexity index is 1010. The lowest BCUT2D eigenvalue weighted by Crippen LogP contribution is -2.38. The molecule has 4 heteroatoms. The maximum absolute atomic E-state index is 11.1. The van der Waals surface area contributed by atoms with Crippen LogP contribution in [0.2, 0.25) is 0 Å². The summed E-state index contributed by atoms with van der Waals surface area (Å²) in [6.07, 6.45) is 4.71. The van der Waals surface area contributed by atoms with Crippen LogP contribution in [0.25, 0.3) is 11.5 Å². The second-order valence-electron chi connectivity index (χ2n) is 6.80. The van der Waals surface area contributed by atoms with Gasteiger partial charge in [-0.25, -0.2) is 0 Å². The van der Waals surface area contributed by atoms with Crippen LogP contribution in [-0.2, 0) is 6.42 Å². The zero-order valence-electron chi connectivity index (χ0n) is 16.4. The number of anilines is 1. The van der Waals surface area contributed by atoms with Gasteiger partial charge >= 0.3 is 0 Å². The summed E-state index contributed by atoms with van der Waals surface area (Å²) in [5.41, 5.74) is 5.72. The maximum atomic E-state index is 11.1. The topological polar surface area (TPSA) is 36.1 Å². The van der Waals surface area contributed by atoms with Crippen molar-refractivity contribution in [3.05, 3.63) is 95.3 Å². The molecule has 1 heterocycles. The summed E-state index contributed by atoms with van der Waals surface area (Å²) in [6.45, 7) is 6.21. The molecule has 0 aliphatic carbocycles. The van der Waals surface area contributed by atoms with Crippen LogP contribution in [0, 0.1) is 13.8 Å². The van der Waals surface area contributed by atoms with Crippen molar-refractivity contribution in [1.29, 1.82) is 0 Å². The van der Waals surface area contributed by atoms with Gasteiger partial charge in [-0.05, 0) is 37.5 Å². The predicted molar refractivity (Wildman–Crippen MR) is 120 cm³/mol. The lowest BCUT2D eigenvalue weighted by molar-refractivity contribution is -0.575. The first-order chi connectivity index (χ1) is 13.5. The fourth-order valence-corrected chi connectivity index (χ4v) is 3.38. The van der Waals surface area contributed by atoms with Crippen molar-refractivity contribution < 1.29 is 9.67 Å². The summed E-state index contributed by atoms with van der Waals surface area (Å²) in [5, 5.41) is 14.4. The Labute approximate surface area is 172 Å². The number of pyridine rings is 1. The first-order valence-electron chi connectivity index (χ1n) is 9.37. The molecule has 142 valence electrons. The molecule has 0 bridgehead atoms. The van der Waals surface area contributed by atoms with Gasteiger partial charge in [0.2, 0.25) is 0 Å². The fourth-order valence-electron chi connectivity index (χ4n) is 3.07. The van der Waals surface area contributed by atoms with Crippen LogP contribution in [0.4, 0.5) is 5.69 Å². The maximum Gasteiger partial charge on any atom is 0.288 e. The van der Waals surface area contributed by atoms with E-state index in [-0.39, 0.29) is 5.76 Å². The van der Waals surface area contributed by atoms with Crippen LogP contribution in [0.1, 0.15) is 29.2 Å². The van der Waals surface area contributed by atoms with Gasteiger partial charge in [0.05, 0.1) is 0 Å². The van der Waals surface area contributed by atoms with Crippen LogP contribution in [0.5, 0.6) is 0 Å². The van der Waals surface area contributed by atoms with Crippen molar-refractivity contribution in [1.82, 2.24) is 0 Å². The standard InChI is InChI=1S/C24H24N2OS/c1-4-19-9-11-20(12-10-19)23(27)22(26-14-6-5-7-15-26)24(28)25-21-13-8-17(2)16-18(21)3/h5-16H,4H2,1-3H3,(H-,25,27,28)/p+1. The van der Waals surface area contributed by atoms with E-state index in [1.165, 1.54) is 11.1 Å². The molecule has 3 aromatic rings. The zero-order chi connectivity index (χ0) is 20.1. The van der Waals surface area contributed by atoms with Crippen LogP contribution >= 0.6 is 12.2 Å². The van der Waals surface area contributed by atoms with E-state index >= 15 is 0 Å². The average Bonchev–Trinajstić information content (AvgIpc) is 2.71. The first kappa shape index (κ1) is 19.8. The normalized spacial score (nSPS) is 11.7. The number of nitrogens with one attached hydrogen (secondary N) is 1. The van der Waals surface area contributed by atoms with Gasteiger partial charge in [0.25, 0.3) is 5.70 Å². The number of benzene rings is 2. The average molecular weight is 390 g/mol. The number of rotatable bonds is 5. The third-order valence-corrected chi connectivity index (χ3v) is 4.97. The molecule has 2 N–H and O–H groups in total. The van der Waals surface area contributed by atoms with Crippen molar-refractivity contribution in [3.63, 3.8) is 0 Å². The Kier molecular flexibility index (Phi) is 6.22. The van der Waals surface area contributed by atoms with Crippen molar-refractivity contribution in [2.45, 2.75) is 27.2 Å². The number of aliphatic hydroxyl groups is 1. The summed E-state index contributed by atoms with van der Waals surface area (Å²) in [5.74, 6) is 0.140. The minimum Gasteiger partial charge on any atom is -0.502 e. The summed E-state index contributed by atoms with van der Waals surface area (Å²) in [6, 6.07) is 19.8.